The Kier molecular flexibility index (Phi) is 4.93. The van der Waals surface area contributed by atoms with Crippen molar-refractivity contribution in [3.63, 3.8) is 0 Å². The number of fused-ring (bicyclic) bond motifs is 1. The molecule has 0 saturated carbocycles. The minimum atomic E-state index is -3.69. The SMILES string of the molecule is COc1cc(C)c(C)cc1S(=O)(=O)N1CCCCC1c1cc2ccccc2[nH]1. The van der Waals surface area contributed by atoms with E-state index in [1.54, 1.807) is 10.4 Å². The van der Waals surface area contributed by atoms with Crippen molar-refractivity contribution in [1.82, 2.24) is 9.29 Å². The zero-order valence-corrected chi connectivity index (χ0v) is 17.3. The summed E-state index contributed by atoms with van der Waals surface area (Å²) in [5, 5.41) is 1.10. The molecular weight excluding hydrogens is 372 g/mol. The second-order valence-corrected chi connectivity index (χ2v) is 9.39. The number of rotatable bonds is 4. The minimum absolute atomic E-state index is 0.197. The van der Waals surface area contributed by atoms with Crippen LogP contribution in [0, 0.1) is 13.8 Å². The van der Waals surface area contributed by atoms with E-state index in [9.17, 15) is 8.42 Å². The minimum Gasteiger partial charge on any atom is -0.495 e. The van der Waals surface area contributed by atoms with E-state index in [0.717, 1.165) is 47.0 Å². The molecule has 5 nitrogen and oxygen atoms in total. The number of nitrogens with one attached hydrogen (secondary N) is 1. The van der Waals surface area contributed by atoms with Gasteiger partial charge >= 0.3 is 0 Å². The van der Waals surface area contributed by atoms with E-state index in [0.29, 0.717) is 12.3 Å². The highest BCUT2D eigenvalue weighted by Crippen LogP contribution is 2.39. The van der Waals surface area contributed by atoms with E-state index < -0.39 is 10.0 Å². The van der Waals surface area contributed by atoms with Crippen molar-refractivity contribution in [2.75, 3.05) is 13.7 Å². The van der Waals surface area contributed by atoms with E-state index >= 15 is 0 Å². The number of H-pyrrole nitrogens is 1. The highest BCUT2D eigenvalue weighted by atomic mass is 32.2. The molecule has 0 amide bonds. The number of aromatic nitrogens is 1. The number of methoxy groups -OCH3 is 1. The summed E-state index contributed by atoms with van der Waals surface area (Å²) in [5.41, 5.74) is 3.94. The molecule has 4 rings (SSSR count). The number of hydrogen-bond acceptors (Lipinski definition) is 3. The molecular formula is C22H26N2O3S. The summed E-state index contributed by atoms with van der Waals surface area (Å²) in [6.45, 7) is 4.40. The van der Waals surface area contributed by atoms with Crippen LogP contribution in [0.25, 0.3) is 10.9 Å². The van der Waals surface area contributed by atoms with Crippen LogP contribution in [0.1, 0.15) is 42.1 Å². The lowest BCUT2D eigenvalue weighted by atomic mass is 10.0. The molecule has 2 aromatic carbocycles. The quantitative estimate of drug-likeness (QED) is 0.692. The first-order chi connectivity index (χ1) is 13.4. The van der Waals surface area contributed by atoms with Gasteiger partial charge in [0.25, 0.3) is 0 Å². The fourth-order valence-electron chi connectivity index (χ4n) is 4.03. The zero-order valence-electron chi connectivity index (χ0n) is 16.5. The van der Waals surface area contributed by atoms with Gasteiger partial charge in [0.05, 0.1) is 13.2 Å². The largest absolute Gasteiger partial charge is 0.495 e. The Morgan fingerprint density at radius 2 is 1.82 bits per heavy atom. The number of ether oxygens (including phenoxy) is 1. The molecule has 1 aliphatic heterocycles. The number of nitrogens with zero attached hydrogens (tertiary/aromatic N) is 1. The predicted octanol–water partition coefficient (Wildman–Crippen LogP) is 4.71. The van der Waals surface area contributed by atoms with Gasteiger partial charge in [-0.1, -0.05) is 24.6 Å². The second-order valence-electron chi connectivity index (χ2n) is 7.53. The lowest BCUT2D eigenvalue weighted by molar-refractivity contribution is 0.251. The van der Waals surface area contributed by atoms with Crippen LogP contribution in [0.2, 0.25) is 0 Å². The number of benzene rings is 2. The summed E-state index contributed by atoms with van der Waals surface area (Å²) < 4.78 is 34.4. The molecule has 0 spiro atoms. The maximum absolute atomic E-state index is 13.7. The fraction of sp³-hybridized carbons (Fsp3) is 0.364. The normalized spacial score (nSPS) is 18.5. The van der Waals surface area contributed by atoms with Gasteiger partial charge in [-0.2, -0.15) is 4.31 Å². The van der Waals surface area contributed by atoms with Gasteiger partial charge in [-0.05, 0) is 67.5 Å². The molecule has 1 atom stereocenters. The van der Waals surface area contributed by atoms with Gasteiger partial charge < -0.3 is 9.72 Å². The highest BCUT2D eigenvalue weighted by molar-refractivity contribution is 7.89. The molecule has 1 N–H and O–H groups in total. The molecule has 0 aliphatic carbocycles. The number of para-hydroxylation sites is 1. The molecule has 28 heavy (non-hydrogen) atoms. The number of aryl methyl sites for hydroxylation is 2. The number of hydrogen-bond donors (Lipinski definition) is 1. The third-order valence-electron chi connectivity index (χ3n) is 5.73. The smallest absolute Gasteiger partial charge is 0.247 e. The molecule has 1 fully saturated rings. The topological polar surface area (TPSA) is 62.4 Å². The Bertz CT molecular complexity index is 1090. The Labute approximate surface area is 166 Å². The summed E-state index contributed by atoms with van der Waals surface area (Å²) in [4.78, 5) is 3.68. The van der Waals surface area contributed by atoms with Crippen molar-refractivity contribution in [1.29, 1.82) is 0 Å². The summed E-state index contributed by atoms with van der Waals surface area (Å²) in [6, 6.07) is 13.5. The van der Waals surface area contributed by atoms with Gasteiger partial charge in [-0.15, -0.1) is 0 Å². The van der Waals surface area contributed by atoms with Crippen LogP contribution < -0.4 is 4.74 Å². The van der Waals surface area contributed by atoms with Crippen molar-refractivity contribution in [2.45, 2.75) is 44.0 Å². The van der Waals surface area contributed by atoms with E-state index in [-0.39, 0.29) is 10.9 Å². The number of aromatic amines is 1. The van der Waals surface area contributed by atoms with Gasteiger partial charge in [0.1, 0.15) is 10.6 Å². The van der Waals surface area contributed by atoms with Crippen LogP contribution in [0.3, 0.4) is 0 Å². The molecule has 1 aliphatic rings. The Morgan fingerprint density at radius 1 is 1.07 bits per heavy atom. The zero-order chi connectivity index (χ0) is 19.9. The molecule has 1 unspecified atom stereocenters. The van der Waals surface area contributed by atoms with Gasteiger partial charge in [-0.25, -0.2) is 8.42 Å². The Balaban J connectivity index is 1.80. The third kappa shape index (κ3) is 3.20. The van der Waals surface area contributed by atoms with Gasteiger partial charge in [0.2, 0.25) is 10.0 Å². The molecule has 3 aromatic rings. The van der Waals surface area contributed by atoms with E-state index in [2.05, 4.69) is 11.1 Å². The van der Waals surface area contributed by atoms with Gasteiger partial charge in [-0.3, -0.25) is 0 Å². The molecule has 1 aromatic heterocycles. The lowest BCUT2D eigenvalue weighted by Gasteiger charge is -2.34. The highest BCUT2D eigenvalue weighted by Gasteiger charge is 2.37. The first-order valence-corrected chi connectivity index (χ1v) is 11.1. The maximum atomic E-state index is 13.7. The monoisotopic (exact) mass is 398 g/mol. The first kappa shape index (κ1) is 19.0. The van der Waals surface area contributed by atoms with Crippen LogP contribution in [0.4, 0.5) is 0 Å². The standard InChI is InChI=1S/C22H26N2O3S/c1-15-12-21(27-3)22(13-16(15)2)28(25,26)24-11-7-6-10-20(24)19-14-17-8-4-5-9-18(17)23-19/h4-5,8-9,12-14,20,23H,6-7,10-11H2,1-3H3. The third-order valence-corrected chi connectivity index (χ3v) is 7.66. The Morgan fingerprint density at radius 3 is 2.57 bits per heavy atom. The first-order valence-electron chi connectivity index (χ1n) is 9.66. The van der Waals surface area contributed by atoms with Crippen molar-refractivity contribution in [3.8, 4) is 5.75 Å². The molecule has 6 heteroatoms. The summed E-state index contributed by atoms with van der Waals surface area (Å²) in [6.07, 6.45) is 2.68. The molecule has 0 bridgehead atoms. The van der Waals surface area contributed by atoms with Crippen molar-refractivity contribution >= 4 is 20.9 Å². The predicted molar refractivity (Wildman–Crippen MR) is 111 cm³/mol. The van der Waals surface area contributed by atoms with Crippen molar-refractivity contribution in [2.24, 2.45) is 0 Å². The number of piperidine rings is 1. The fourth-order valence-corrected chi connectivity index (χ4v) is 5.93. The maximum Gasteiger partial charge on any atom is 0.247 e. The lowest BCUT2D eigenvalue weighted by Crippen LogP contribution is -2.38. The second kappa shape index (κ2) is 7.26. The molecule has 148 valence electrons. The van der Waals surface area contributed by atoms with Crippen LogP contribution in [-0.4, -0.2) is 31.4 Å². The van der Waals surface area contributed by atoms with Crippen molar-refractivity contribution < 1.29 is 13.2 Å². The van der Waals surface area contributed by atoms with Gasteiger partial charge in [0.15, 0.2) is 0 Å². The number of sulfonamides is 1. The average Bonchev–Trinajstić information content (AvgIpc) is 3.13. The van der Waals surface area contributed by atoms with E-state index in [1.807, 2.05) is 44.2 Å². The van der Waals surface area contributed by atoms with Crippen LogP contribution in [0.15, 0.2) is 47.4 Å². The van der Waals surface area contributed by atoms with Crippen molar-refractivity contribution in [3.05, 3.63) is 59.3 Å². The van der Waals surface area contributed by atoms with E-state index in [1.165, 1.54) is 7.11 Å². The van der Waals surface area contributed by atoms with Crippen LogP contribution in [0.5, 0.6) is 5.75 Å². The molecule has 2 heterocycles. The summed E-state index contributed by atoms with van der Waals surface area (Å²) in [5.74, 6) is 0.407. The van der Waals surface area contributed by atoms with Crippen LogP contribution >= 0.6 is 0 Å². The summed E-state index contributed by atoms with van der Waals surface area (Å²) in [7, 11) is -2.17. The van der Waals surface area contributed by atoms with Crippen LogP contribution in [-0.2, 0) is 10.0 Å². The molecule has 1 saturated heterocycles. The van der Waals surface area contributed by atoms with Gasteiger partial charge in [0, 0.05) is 17.8 Å². The average molecular weight is 399 g/mol. The Hall–Kier alpha value is -2.31. The molecule has 0 radical (unpaired) electrons. The summed E-state index contributed by atoms with van der Waals surface area (Å²) >= 11 is 0. The van der Waals surface area contributed by atoms with E-state index in [4.69, 9.17) is 4.74 Å².